The summed E-state index contributed by atoms with van der Waals surface area (Å²) in [6.07, 6.45) is 8.26. The molecule has 2 radical (unpaired) electrons. The second-order valence-electron chi connectivity index (χ2n) is 10.9. The number of piperazine rings is 1. The molecule has 0 saturated carbocycles. The van der Waals surface area contributed by atoms with Gasteiger partial charge >= 0.3 is 0 Å². The molecule has 7 nitrogen and oxygen atoms in total. The first kappa shape index (κ1) is 28.1. The number of hydrogen-bond acceptors (Lipinski definition) is 7. The predicted octanol–water partition coefficient (Wildman–Crippen LogP) is 4.74. The van der Waals surface area contributed by atoms with Crippen LogP contribution in [0.1, 0.15) is 57.5 Å². The summed E-state index contributed by atoms with van der Waals surface area (Å²) in [5.74, 6) is 2.60. The summed E-state index contributed by atoms with van der Waals surface area (Å²) < 4.78 is 6.06. The Labute approximate surface area is 233 Å². The van der Waals surface area contributed by atoms with Crippen molar-refractivity contribution in [2.75, 3.05) is 37.8 Å². The number of allylic oxidation sites excluding steroid dienone is 1. The van der Waals surface area contributed by atoms with Crippen LogP contribution in [0, 0.1) is 6.92 Å². The normalized spacial score (nSPS) is 20.0. The monoisotopic (exact) mass is 530 g/mol. The number of fused-ring (bicyclic) bond motifs is 1. The molecule has 2 aliphatic rings. The van der Waals surface area contributed by atoms with Crippen molar-refractivity contribution < 1.29 is 4.74 Å². The van der Waals surface area contributed by atoms with Crippen LogP contribution in [0.2, 0.25) is 0 Å². The Kier molecular flexibility index (Phi) is 8.16. The topological polar surface area (TPSA) is 57.1 Å². The highest BCUT2D eigenvalue weighted by Gasteiger charge is 2.33. The number of amidine groups is 1. The van der Waals surface area contributed by atoms with Crippen LogP contribution in [0.15, 0.2) is 53.0 Å². The van der Waals surface area contributed by atoms with E-state index in [-0.39, 0.29) is 17.6 Å². The molecule has 2 aliphatic heterocycles. The molecule has 4 rings (SSSR count). The fourth-order valence-corrected chi connectivity index (χ4v) is 5.62. The minimum absolute atomic E-state index is 0.172. The Morgan fingerprint density at radius 2 is 2.00 bits per heavy atom. The number of ether oxygens (including phenoxy) is 1. The van der Waals surface area contributed by atoms with E-state index in [0.717, 1.165) is 58.8 Å². The van der Waals surface area contributed by atoms with Crippen molar-refractivity contribution in [2.45, 2.75) is 64.0 Å². The van der Waals surface area contributed by atoms with Crippen LogP contribution in [0.25, 0.3) is 0 Å². The summed E-state index contributed by atoms with van der Waals surface area (Å²) in [6, 6.07) is 4.25. The van der Waals surface area contributed by atoms with Gasteiger partial charge in [-0.15, -0.1) is 11.8 Å². The van der Waals surface area contributed by atoms with Crippen LogP contribution in [-0.4, -0.2) is 78.0 Å². The highest BCUT2D eigenvalue weighted by Crippen LogP contribution is 2.42. The van der Waals surface area contributed by atoms with Gasteiger partial charge in [-0.2, -0.15) is 0 Å². The smallest absolute Gasteiger partial charge is 0.182 e. The lowest BCUT2D eigenvalue weighted by molar-refractivity contribution is -0.0112. The zero-order valence-electron chi connectivity index (χ0n) is 23.9. The highest BCUT2D eigenvalue weighted by atomic mass is 32.2. The molecule has 1 fully saturated rings. The Bertz CT molecular complexity index is 1270. The fourth-order valence-electron chi connectivity index (χ4n) is 5.03. The van der Waals surface area contributed by atoms with Crippen molar-refractivity contribution in [3.05, 3.63) is 60.0 Å². The molecule has 4 heterocycles. The van der Waals surface area contributed by atoms with Crippen LogP contribution in [0.4, 0.5) is 11.5 Å². The Morgan fingerprint density at radius 1 is 1.26 bits per heavy atom. The lowest BCUT2D eigenvalue weighted by Crippen LogP contribution is -2.54. The van der Waals surface area contributed by atoms with Crippen molar-refractivity contribution in [3.8, 4) is 0 Å². The number of pyridine rings is 2. The van der Waals surface area contributed by atoms with Gasteiger partial charge in [-0.05, 0) is 53.5 Å². The van der Waals surface area contributed by atoms with E-state index in [0.29, 0.717) is 11.3 Å². The van der Waals surface area contributed by atoms with Gasteiger partial charge in [0.1, 0.15) is 25.1 Å². The quantitative estimate of drug-likeness (QED) is 0.182. The first-order valence-electron chi connectivity index (χ1n) is 13.1. The summed E-state index contributed by atoms with van der Waals surface area (Å²) in [7, 11) is 8.28. The van der Waals surface area contributed by atoms with E-state index in [1.807, 2.05) is 47.0 Å². The average molecular weight is 531 g/mol. The molecule has 0 bridgehead atoms. The maximum Gasteiger partial charge on any atom is 0.182 e. The van der Waals surface area contributed by atoms with Gasteiger partial charge in [-0.1, -0.05) is 24.5 Å². The van der Waals surface area contributed by atoms with Gasteiger partial charge in [-0.25, -0.2) is 4.98 Å². The predicted molar refractivity (Wildman–Crippen MR) is 160 cm³/mol. The average Bonchev–Trinajstić information content (AvgIpc) is 2.86. The van der Waals surface area contributed by atoms with Crippen LogP contribution in [0.5, 0.6) is 0 Å². The van der Waals surface area contributed by atoms with Gasteiger partial charge < -0.3 is 14.5 Å². The lowest BCUT2D eigenvalue weighted by atomic mass is 9.92. The Balaban J connectivity index is 1.73. The van der Waals surface area contributed by atoms with Crippen LogP contribution >= 0.6 is 11.8 Å². The summed E-state index contributed by atoms with van der Waals surface area (Å²) in [5.41, 5.74) is 4.16. The summed E-state index contributed by atoms with van der Waals surface area (Å²) >= 11 is 1.71. The molecule has 0 aliphatic carbocycles. The zero-order valence-corrected chi connectivity index (χ0v) is 24.8. The van der Waals surface area contributed by atoms with E-state index >= 15 is 0 Å². The number of hydrogen-bond donors (Lipinski definition) is 0. The van der Waals surface area contributed by atoms with E-state index < -0.39 is 0 Å². The number of aliphatic imine (C=N–C) groups is 1. The van der Waals surface area contributed by atoms with E-state index in [1.165, 1.54) is 0 Å². The van der Waals surface area contributed by atoms with Gasteiger partial charge in [-0.3, -0.25) is 14.9 Å². The molecular formula is C29H39BN6OS. The van der Waals surface area contributed by atoms with Crippen molar-refractivity contribution in [1.29, 1.82) is 0 Å². The number of thioether (sulfide) groups is 1. The molecule has 9 heteroatoms. The van der Waals surface area contributed by atoms with Crippen molar-refractivity contribution in [3.63, 3.8) is 0 Å². The molecule has 38 heavy (non-hydrogen) atoms. The van der Waals surface area contributed by atoms with Crippen molar-refractivity contribution in [2.24, 2.45) is 4.99 Å². The molecule has 2 aromatic heterocycles. The fraction of sp³-hybridized carbons (Fsp3) is 0.483. The highest BCUT2D eigenvalue weighted by molar-refractivity contribution is 7.98. The summed E-state index contributed by atoms with van der Waals surface area (Å²) in [6.45, 7) is 19.0. The van der Waals surface area contributed by atoms with E-state index in [2.05, 4.69) is 59.7 Å². The molecule has 2 unspecified atom stereocenters. The Morgan fingerprint density at radius 3 is 2.63 bits per heavy atom. The third kappa shape index (κ3) is 5.58. The molecule has 0 aromatic carbocycles. The van der Waals surface area contributed by atoms with Crippen LogP contribution < -0.4 is 10.4 Å². The number of rotatable bonds is 5. The molecular weight excluding hydrogens is 491 g/mol. The maximum atomic E-state index is 6.44. The second-order valence-corrected chi connectivity index (χ2v) is 11.8. The van der Waals surface area contributed by atoms with Gasteiger partial charge in [0.05, 0.1) is 16.9 Å². The molecule has 1 saturated heterocycles. The van der Waals surface area contributed by atoms with E-state index in [1.54, 1.807) is 11.8 Å². The van der Waals surface area contributed by atoms with Crippen molar-refractivity contribution in [1.82, 2.24) is 19.8 Å². The van der Waals surface area contributed by atoms with Gasteiger partial charge in [0.25, 0.3) is 0 Å². The van der Waals surface area contributed by atoms with Gasteiger partial charge in [0, 0.05) is 61.6 Å². The number of nitrogens with zero attached hydrogens (tertiary/aromatic N) is 6. The summed E-state index contributed by atoms with van der Waals surface area (Å²) in [4.78, 5) is 22.4. The molecule has 0 N–H and O–H groups in total. The van der Waals surface area contributed by atoms with Crippen LogP contribution in [-0.2, 0) is 4.74 Å². The minimum Gasteiger partial charge on any atom is -0.474 e. The van der Waals surface area contributed by atoms with Crippen LogP contribution in [0.3, 0.4) is 0 Å². The first-order chi connectivity index (χ1) is 17.9. The van der Waals surface area contributed by atoms with E-state index in [4.69, 9.17) is 27.5 Å². The number of aromatic nitrogens is 2. The largest absolute Gasteiger partial charge is 0.474 e. The minimum atomic E-state index is -0.284. The zero-order chi connectivity index (χ0) is 27.8. The van der Waals surface area contributed by atoms with Gasteiger partial charge in [0.15, 0.2) is 5.88 Å². The third-order valence-corrected chi connectivity index (χ3v) is 7.69. The first-order valence-corrected chi connectivity index (χ1v) is 14.3. The lowest BCUT2D eigenvalue weighted by Gasteiger charge is -2.44. The molecule has 2 atom stereocenters. The Hall–Kier alpha value is -2.94. The standard InChI is InChI=1S/C29H39BN6OS/c1-18-11-13-36(26-24(38-9)10-12-32-25(18)26)28-22(16-23(30)20(3)33-28)27(31-8)35-15-14-34(17-19(35)2)21(4)37-29(5,6)7/h10-13,16,18-19H,4,14-15,17H2,1-3,5-9H3. The molecule has 200 valence electrons. The molecule has 0 spiro atoms. The second kappa shape index (κ2) is 11.0. The van der Waals surface area contributed by atoms with Crippen molar-refractivity contribution >= 4 is 42.4 Å². The van der Waals surface area contributed by atoms with Gasteiger partial charge in [0.2, 0.25) is 0 Å². The number of anilines is 2. The third-order valence-electron chi connectivity index (χ3n) is 6.92. The molecule has 2 aromatic rings. The summed E-state index contributed by atoms with van der Waals surface area (Å²) in [5, 5.41) is 0. The number of aryl methyl sites for hydroxylation is 1. The maximum absolute atomic E-state index is 6.44. The van der Waals surface area contributed by atoms with E-state index in [9.17, 15) is 0 Å². The molecule has 0 amide bonds. The SMILES string of the molecule is [B]c1cc(C(=NC)N2CCN(C(=C)OC(C)(C)C)CC2C)c(N2C=CC(C)c3nccc(SC)c32)nc1C.